The molecular weight excluding hydrogens is 328 g/mol. The first-order chi connectivity index (χ1) is 11.6. The molecular formula is C17H17ClN4O2. The monoisotopic (exact) mass is 344 g/mol. The minimum Gasteiger partial charge on any atom is -0.368 e. The first-order valence-corrected chi connectivity index (χ1v) is 8.04. The number of nitro groups is 1. The van der Waals surface area contributed by atoms with E-state index in [9.17, 15) is 10.1 Å². The van der Waals surface area contributed by atoms with Gasteiger partial charge in [0.15, 0.2) is 0 Å². The third-order valence-corrected chi connectivity index (χ3v) is 4.19. The van der Waals surface area contributed by atoms with E-state index in [1.165, 1.54) is 6.07 Å². The van der Waals surface area contributed by atoms with Crippen molar-refractivity contribution in [2.75, 3.05) is 31.1 Å². The Morgan fingerprint density at radius 2 is 1.71 bits per heavy atom. The molecule has 0 spiro atoms. The smallest absolute Gasteiger partial charge is 0.278 e. The van der Waals surface area contributed by atoms with E-state index in [0.29, 0.717) is 5.56 Å². The van der Waals surface area contributed by atoms with E-state index in [4.69, 9.17) is 11.6 Å². The molecule has 7 heteroatoms. The summed E-state index contributed by atoms with van der Waals surface area (Å²) in [5.41, 5.74) is 1.73. The molecule has 1 aliphatic heterocycles. The number of benzene rings is 2. The van der Waals surface area contributed by atoms with Gasteiger partial charge in [-0.15, -0.1) is 0 Å². The lowest BCUT2D eigenvalue weighted by atomic mass is 10.2. The molecule has 0 atom stereocenters. The first-order valence-electron chi connectivity index (χ1n) is 7.66. The lowest BCUT2D eigenvalue weighted by Crippen LogP contribution is -2.44. The summed E-state index contributed by atoms with van der Waals surface area (Å²) in [6.07, 6.45) is 1.57. The lowest BCUT2D eigenvalue weighted by Gasteiger charge is -2.34. The summed E-state index contributed by atoms with van der Waals surface area (Å²) >= 11 is 5.91. The Bertz CT molecular complexity index is 741. The van der Waals surface area contributed by atoms with Crippen LogP contribution in [0.3, 0.4) is 0 Å². The van der Waals surface area contributed by atoms with Gasteiger partial charge in [0, 0.05) is 29.9 Å². The Morgan fingerprint density at radius 1 is 1.04 bits per heavy atom. The molecule has 0 bridgehead atoms. The molecule has 0 saturated carbocycles. The van der Waals surface area contributed by atoms with Gasteiger partial charge in [0.1, 0.15) is 0 Å². The van der Waals surface area contributed by atoms with Gasteiger partial charge in [-0.25, -0.2) is 0 Å². The second kappa shape index (κ2) is 7.31. The molecule has 2 aromatic carbocycles. The predicted octanol–water partition coefficient (Wildman–Crippen LogP) is 3.40. The summed E-state index contributed by atoms with van der Waals surface area (Å²) in [5, 5.41) is 18.1. The molecule has 1 fully saturated rings. The molecule has 2 aromatic rings. The van der Waals surface area contributed by atoms with Crippen molar-refractivity contribution in [3.63, 3.8) is 0 Å². The molecule has 124 valence electrons. The van der Waals surface area contributed by atoms with Crippen LogP contribution in [-0.4, -0.2) is 42.3 Å². The van der Waals surface area contributed by atoms with Crippen LogP contribution in [0.1, 0.15) is 5.56 Å². The molecule has 0 N–H and O–H groups in total. The molecule has 3 rings (SSSR count). The van der Waals surface area contributed by atoms with Crippen LogP contribution in [0.5, 0.6) is 0 Å². The average Bonchev–Trinajstić information content (AvgIpc) is 2.61. The zero-order valence-electron chi connectivity index (χ0n) is 13.0. The van der Waals surface area contributed by atoms with Crippen molar-refractivity contribution < 1.29 is 4.92 Å². The molecule has 1 saturated heterocycles. The van der Waals surface area contributed by atoms with Crippen molar-refractivity contribution in [1.82, 2.24) is 5.01 Å². The van der Waals surface area contributed by atoms with Gasteiger partial charge in [-0.2, -0.15) is 5.10 Å². The number of hydrogen-bond acceptors (Lipinski definition) is 5. The van der Waals surface area contributed by atoms with Gasteiger partial charge < -0.3 is 4.90 Å². The maximum Gasteiger partial charge on any atom is 0.278 e. The van der Waals surface area contributed by atoms with Gasteiger partial charge in [0.2, 0.25) is 0 Å². The minimum atomic E-state index is -0.389. The van der Waals surface area contributed by atoms with Crippen LogP contribution in [0.15, 0.2) is 53.6 Å². The Labute approximate surface area is 145 Å². The number of nitrogens with zero attached hydrogens (tertiary/aromatic N) is 4. The van der Waals surface area contributed by atoms with E-state index in [-0.39, 0.29) is 10.6 Å². The minimum absolute atomic E-state index is 0.0704. The van der Waals surface area contributed by atoms with Crippen molar-refractivity contribution in [2.45, 2.75) is 0 Å². The molecule has 0 aliphatic carbocycles. The molecule has 0 radical (unpaired) electrons. The summed E-state index contributed by atoms with van der Waals surface area (Å²) in [6, 6.07) is 14.4. The van der Waals surface area contributed by atoms with Crippen LogP contribution < -0.4 is 4.90 Å². The topological polar surface area (TPSA) is 62.0 Å². The first kappa shape index (κ1) is 16.3. The van der Waals surface area contributed by atoms with Crippen molar-refractivity contribution in [1.29, 1.82) is 0 Å². The highest BCUT2D eigenvalue weighted by Gasteiger charge is 2.16. The van der Waals surface area contributed by atoms with Gasteiger partial charge in [-0.1, -0.05) is 23.7 Å². The number of nitro benzene ring substituents is 1. The maximum absolute atomic E-state index is 11.0. The standard InChI is InChI=1S/C17H17ClN4O2/c18-15-5-7-16(8-6-15)20-9-11-21(12-10-20)19-13-14-3-1-2-4-17(14)22(23)24/h1-8,13H,9-12H2. The van der Waals surface area contributed by atoms with Crippen LogP contribution in [0.2, 0.25) is 5.02 Å². The number of rotatable bonds is 4. The van der Waals surface area contributed by atoms with Crippen molar-refractivity contribution in [3.05, 3.63) is 69.2 Å². The largest absolute Gasteiger partial charge is 0.368 e. The molecule has 0 amide bonds. The Hall–Kier alpha value is -2.60. The van der Waals surface area contributed by atoms with Gasteiger partial charge in [-0.05, 0) is 30.3 Å². The molecule has 6 nitrogen and oxygen atoms in total. The Morgan fingerprint density at radius 3 is 2.38 bits per heavy atom. The number of hydrogen-bond donors (Lipinski definition) is 0. The second-order valence-electron chi connectivity index (χ2n) is 5.48. The molecule has 0 aromatic heterocycles. The van der Waals surface area contributed by atoms with Crippen LogP contribution >= 0.6 is 11.6 Å². The number of para-hydroxylation sites is 1. The van der Waals surface area contributed by atoms with Crippen LogP contribution in [0, 0.1) is 10.1 Å². The number of halogens is 1. The fourth-order valence-corrected chi connectivity index (χ4v) is 2.75. The van der Waals surface area contributed by atoms with Gasteiger partial charge in [0.05, 0.1) is 29.8 Å². The SMILES string of the molecule is O=[N+]([O-])c1ccccc1C=NN1CCN(c2ccc(Cl)cc2)CC1. The quantitative estimate of drug-likeness (QED) is 0.484. The fourth-order valence-electron chi connectivity index (χ4n) is 2.63. The third-order valence-electron chi connectivity index (χ3n) is 3.94. The lowest BCUT2D eigenvalue weighted by molar-refractivity contribution is -0.385. The highest BCUT2D eigenvalue weighted by atomic mass is 35.5. The van der Waals surface area contributed by atoms with Crippen LogP contribution in [0.4, 0.5) is 11.4 Å². The number of anilines is 1. The zero-order valence-corrected chi connectivity index (χ0v) is 13.8. The summed E-state index contributed by atoms with van der Waals surface area (Å²) in [4.78, 5) is 12.9. The van der Waals surface area contributed by atoms with Crippen molar-refractivity contribution in [3.8, 4) is 0 Å². The van der Waals surface area contributed by atoms with Crippen molar-refractivity contribution in [2.24, 2.45) is 5.10 Å². The summed E-state index contributed by atoms with van der Waals surface area (Å²) in [6.45, 7) is 3.21. The summed E-state index contributed by atoms with van der Waals surface area (Å²) in [7, 11) is 0. The van der Waals surface area contributed by atoms with Gasteiger partial charge >= 0.3 is 0 Å². The van der Waals surface area contributed by atoms with E-state index in [0.717, 1.165) is 36.9 Å². The predicted molar refractivity (Wildman–Crippen MR) is 95.9 cm³/mol. The van der Waals surface area contributed by atoms with Gasteiger partial charge in [0.25, 0.3) is 5.69 Å². The molecule has 1 aliphatic rings. The Kier molecular flexibility index (Phi) is 4.96. The highest BCUT2D eigenvalue weighted by molar-refractivity contribution is 6.30. The molecule has 1 heterocycles. The maximum atomic E-state index is 11.0. The van der Waals surface area contributed by atoms with Crippen LogP contribution in [0.25, 0.3) is 0 Å². The third kappa shape index (κ3) is 3.83. The Balaban J connectivity index is 1.61. The van der Waals surface area contributed by atoms with E-state index in [1.807, 2.05) is 29.3 Å². The van der Waals surface area contributed by atoms with E-state index < -0.39 is 0 Å². The van der Waals surface area contributed by atoms with Gasteiger partial charge in [-0.3, -0.25) is 15.1 Å². The summed E-state index contributed by atoms with van der Waals surface area (Å²) < 4.78 is 0. The van der Waals surface area contributed by atoms with E-state index >= 15 is 0 Å². The second-order valence-corrected chi connectivity index (χ2v) is 5.91. The molecule has 0 unspecified atom stereocenters. The fraction of sp³-hybridized carbons (Fsp3) is 0.235. The number of hydrazone groups is 1. The van der Waals surface area contributed by atoms with Crippen molar-refractivity contribution >= 4 is 29.2 Å². The zero-order chi connectivity index (χ0) is 16.9. The van der Waals surface area contributed by atoms with Crippen LogP contribution in [-0.2, 0) is 0 Å². The highest BCUT2D eigenvalue weighted by Crippen LogP contribution is 2.20. The van der Waals surface area contributed by atoms with E-state index in [1.54, 1.807) is 24.4 Å². The normalized spacial score (nSPS) is 15.0. The summed E-state index contributed by atoms with van der Waals surface area (Å²) in [5.74, 6) is 0. The van der Waals surface area contributed by atoms with E-state index in [2.05, 4.69) is 10.0 Å². The average molecular weight is 345 g/mol. The number of piperazine rings is 1. The molecule has 24 heavy (non-hydrogen) atoms.